The van der Waals surface area contributed by atoms with Gasteiger partial charge in [-0.05, 0) is 37.1 Å². The number of nitrogens with one attached hydrogen (secondary N) is 1. The van der Waals surface area contributed by atoms with Crippen molar-refractivity contribution < 1.29 is 0 Å². The number of H-pyrrole nitrogens is 1. The maximum absolute atomic E-state index is 3.59. The lowest BCUT2D eigenvalue weighted by Gasteiger charge is -2.12. The molecule has 1 N–H and O–H groups in total. The van der Waals surface area contributed by atoms with Gasteiger partial charge in [-0.25, -0.2) is 0 Å². The van der Waals surface area contributed by atoms with E-state index in [9.17, 15) is 0 Å². The number of fused-ring (bicyclic) bond motifs is 7. The molecular weight excluding hydrogens is 316 g/mol. The third-order valence-electron chi connectivity index (χ3n) is 5.54. The first-order valence-electron chi connectivity index (χ1n) is 9.21. The summed E-state index contributed by atoms with van der Waals surface area (Å²) in [5.41, 5.74) is 6.25. The van der Waals surface area contributed by atoms with Crippen molar-refractivity contribution in [1.82, 2.24) is 9.55 Å². The van der Waals surface area contributed by atoms with Gasteiger partial charge in [-0.2, -0.15) is 0 Å². The van der Waals surface area contributed by atoms with Gasteiger partial charge in [-0.3, -0.25) is 0 Å². The van der Waals surface area contributed by atoms with Crippen LogP contribution in [0.15, 0.2) is 78.9 Å². The summed E-state index contributed by atoms with van der Waals surface area (Å²) in [5, 5.41) is 5.24. The molecule has 0 unspecified atom stereocenters. The van der Waals surface area contributed by atoms with Crippen LogP contribution >= 0.6 is 0 Å². The summed E-state index contributed by atoms with van der Waals surface area (Å²) in [6.45, 7) is 0. The highest BCUT2D eigenvalue weighted by Crippen LogP contribution is 2.39. The highest BCUT2D eigenvalue weighted by Gasteiger charge is 2.17. The largest absolute Gasteiger partial charge is 0.354 e. The zero-order valence-electron chi connectivity index (χ0n) is 14.4. The quantitative estimate of drug-likeness (QED) is 0.355. The van der Waals surface area contributed by atoms with E-state index in [2.05, 4.69) is 88.4 Å². The molecule has 0 amide bonds. The van der Waals surface area contributed by atoms with Gasteiger partial charge in [0.2, 0.25) is 0 Å². The molecule has 0 saturated carbocycles. The maximum Gasteiger partial charge on any atom is 0.0641 e. The predicted molar refractivity (Wildman–Crippen MR) is 111 cm³/mol. The van der Waals surface area contributed by atoms with Crippen molar-refractivity contribution >= 4 is 49.3 Å². The molecule has 0 saturated heterocycles. The highest BCUT2D eigenvalue weighted by molar-refractivity contribution is 6.25. The Balaban J connectivity index is 1.92. The second-order valence-corrected chi connectivity index (χ2v) is 7.02. The predicted octanol–water partition coefficient (Wildman–Crippen LogP) is 6.62. The minimum absolute atomic E-state index is 1.10. The number of nitrogens with zero attached hydrogens (tertiary/aromatic N) is 1. The van der Waals surface area contributed by atoms with Gasteiger partial charge < -0.3 is 9.55 Å². The van der Waals surface area contributed by atoms with Crippen LogP contribution in [0.4, 0.5) is 0 Å². The number of rotatable bonds is 1. The molecular formula is C24H18N2. The zero-order valence-corrected chi connectivity index (χ0v) is 14.4. The van der Waals surface area contributed by atoms with Gasteiger partial charge in [0.15, 0.2) is 0 Å². The van der Waals surface area contributed by atoms with Crippen LogP contribution in [0.5, 0.6) is 0 Å². The van der Waals surface area contributed by atoms with Crippen LogP contribution in [-0.2, 0) is 0 Å². The van der Waals surface area contributed by atoms with E-state index in [-0.39, 0.29) is 0 Å². The van der Waals surface area contributed by atoms with Crippen molar-refractivity contribution in [3.63, 3.8) is 0 Å². The molecule has 0 radical (unpaired) electrons. The first-order valence-corrected chi connectivity index (χ1v) is 9.21. The summed E-state index contributed by atoms with van der Waals surface area (Å²) in [6, 6.07) is 21.8. The van der Waals surface area contributed by atoms with Crippen LogP contribution in [0.2, 0.25) is 0 Å². The third-order valence-corrected chi connectivity index (χ3v) is 5.54. The third kappa shape index (κ3) is 1.76. The van der Waals surface area contributed by atoms with E-state index in [1.807, 2.05) is 0 Å². The van der Waals surface area contributed by atoms with E-state index >= 15 is 0 Å². The number of hydrogen-bond acceptors (Lipinski definition) is 0. The lowest BCUT2D eigenvalue weighted by Crippen LogP contribution is -1.97. The van der Waals surface area contributed by atoms with Gasteiger partial charge in [-0.15, -0.1) is 0 Å². The van der Waals surface area contributed by atoms with E-state index in [1.165, 1.54) is 49.3 Å². The minimum Gasteiger partial charge on any atom is -0.354 e. The molecule has 0 atom stereocenters. The highest BCUT2D eigenvalue weighted by atomic mass is 15.0. The Morgan fingerprint density at radius 1 is 0.731 bits per heavy atom. The number of allylic oxidation sites excluding steroid dienone is 4. The molecule has 26 heavy (non-hydrogen) atoms. The van der Waals surface area contributed by atoms with Crippen LogP contribution < -0.4 is 0 Å². The lowest BCUT2D eigenvalue weighted by atomic mass is 10.1. The van der Waals surface area contributed by atoms with E-state index < -0.39 is 0 Å². The number of hydrogen-bond donors (Lipinski definition) is 1. The van der Waals surface area contributed by atoms with Gasteiger partial charge in [0.1, 0.15) is 0 Å². The van der Waals surface area contributed by atoms with Crippen LogP contribution in [0.3, 0.4) is 0 Å². The average Bonchev–Trinajstić information content (AvgIpc) is 3.24. The fourth-order valence-electron chi connectivity index (χ4n) is 4.42. The van der Waals surface area contributed by atoms with Gasteiger partial charge in [-0.1, -0.05) is 54.6 Å². The summed E-state index contributed by atoms with van der Waals surface area (Å²) >= 11 is 0. The fourth-order valence-corrected chi connectivity index (χ4v) is 4.42. The molecule has 2 heteroatoms. The number of benzene rings is 3. The zero-order chi connectivity index (χ0) is 17.1. The Morgan fingerprint density at radius 2 is 1.58 bits per heavy atom. The van der Waals surface area contributed by atoms with Gasteiger partial charge in [0.05, 0.1) is 11.0 Å². The molecule has 6 rings (SSSR count). The average molecular weight is 334 g/mol. The van der Waals surface area contributed by atoms with E-state index in [0.717, 1.165) is 12.8 Å². The summed E-state index contributed by atoms with van der Waals surface area (Å²) in [5.74, 6) is 0. The smallest absolute Gasteiger partial charge is 0.0641 e. The van der Waals surface area contributed by atoms with Crippen LogP contribution in [0.1, 0.15) is 12.8 Å². The molecule has 5 aromatic rings. The van der Waals surface area contributed by atoms with Gasteiger partial charge in [0, 0.05) is 38.3 Å². The standard InChI is InChI=1S/C24H18N2/c1-2-8-16(9-3-1)26-22-13-7-5-10-17(22)18-14-15-21-23(24(18)26)19-11-4-6-12-20(19)25-21/h2,4-15,25H,1,3H2. The normalized spacial score (nSPS) is 14.7. The summed E-state index contributed by atoms with van der Waals surface area (Å²) in [6.07, 6.45) is 9.14. The molecule has 2 nitrogen and oxygen atoms in total. The number of para-hydroxylation sites is 2. The van der Waals surface area contributed by atoms with E-state index in [4.69, 9.17) is 0 Å². The Bertz CT molecular complexity index is 1380. The van der Waals surface area contributed by atoms with Gasteiger partial charge in [0.25, 0.3) is 0 Å². The van der Waals surface area contributed by atoms with Crippen molar-refractivity contribution in [3.05, 3.63) is 78.9 Å². The molecule has 0 bridgehead atoms. The maximum atomic E-state index is 3.59. The van der Waals surface area contributed by atoms with E-state index in [0.29, 0.717) is 0 Å². The molecule has 0 aliphatic heterocycles. The molecule has 2 heterocycles. The van der Waals surface area contributed by atoms with Crippen LogP contribution in [-0.4, -0.2) is 9.55 Å². The summed E-state index contributed by atoms with van der Waals surface area (Å²) < 4.78 is 2.45. The minimum atomic E-state index is 1.10. The number of aromatic amines is 1. The topological polar surface area (TPSA) is 20.7 Å². The molecule has 0 spiro atoms. The fraction of sp³-hybridized carbons (Fsp3) is 0.0833. The second kappa shape index (κ2) is 5.12. The molecule has 124 valence electrons. The molecule has 1 aliphatic carbocycles. The van der Waals surface area contributed by atoms with E-state index in [1.54, 1.807) is 0 Å². The monoisotopic (exact) mass is 334 g/mol. The Hall–Kier alpha value is -3.26. The van der Waals surface area contributed by atoms with Crippen LogP contribution in [0.25, 0.3) is 49.3 Å². The van der Waals surface area contributed by atoms with Crippen LogP contribution in [0, 0.1) is 0 Å². The summed E-state index contributed by atoms with van der Waals surface area (Å²) in [7, 11) is 0. The Kier molecular flexibility index (Phi) is 2.75. The first-order chi connectivity index (χ1) is 12.9. The Labute approximate surface area is 151 Å². The SMILES string of the molecule is C1=CC(n2c3ccccc3c3ccc4[nH]c5ccccc5c4c32)=CCC1. The first kappa shape index (κ1) is 14.0. The van der Waals surface area contributed by atoms with Crippen molar-refractivity contribution in [2.24, 2.45) is 0 Å². The lowest BCUT2D eigenvalue weighted by molar-refractivity contribution is 1.02. The Morgan fingerprint density at radius 3 is 2.46 bits per heavy atom. The molecule has 1 aliphatic rings. The molecule has 2 aromatic heterocycles. The number of aromatic nitrogens is 2. The summed E-state index contributed by atoms with van der Waals surface area (Å²) in [4.78, 5) is 3.59. The van der Waals surface area contributed by atoms with Gasteiger partial charge >= 0.3 is 0 Å². The van der Waals surface area contributed by atoms with Crippen molar-refractivity contribution in [2.45, 2.75) is 12.8 Å². The van der Waals surface area contributed by atoms with Crippen molar-refractivity contribution in [1.29, 1.82) is 0 Å². The molecule has 0 fully saturated rings. The van der Waals surface area contributed by atoms with Crippen molar-refractivity contribution in [3.8, 4) is 0 Å². The second-order valence-electron chi connectivity index (χ2n) is 7.02. The van der Waals surface area contributed by atoms with Crippen molar-refractivity contribution in [2.75, 3.05) is 0 Å². The molecule has 3 aromatic carbocycles.